The number of aromatic nitrogens is 1. The van der Waals surface area contributed by atoms with Crippen molar-refractivity contribution < 1.29 is 14.3 Å². The van der Waals surface area contributed by atoms with Crippen LogP contribution in [-0.2, 0) is 15.3 Å². The van der Waals surface area contributed by atoms with E-state index in [0.29, 0.717) is 23.2 Å². The van der Waals surface area contributed by atoms with Crippen LogP contribution in [0.3, 0.4) is 0 Å². The number of nitrogens with zero attached hydrogens (tertiary/aromatic N) is 2. The second-order valence-electron chi connectivity index (χ2n) is 7.46. The minimum absolute atomic E-state index is 0.116. The second-order valence-corrected chi connectivity index (χ2v) is 9.54. The summed E-state index contributed by atoms with van der Waals surface area (Å²) in [6.45, 7) is 7.55. The molecule has 0 bridgehead atoms. The van der Waals surface area contributed by atoms with Gasteiger partial charge in [-0.1, -0.05) is 26.0 Å². The van der Waals surface area contributed by atoms with Gasteiger partial charge in [-0.25, -0.2) is 9.78 Å². The summed E-state index contributed by atoms with van der Waals surface area (Å²) in [6, 6.07) is 7.35. The van der Waals surface area contributed by atoms with Crippen molar-refractivity contribution in [3.63, 3.8) is 0 Å². The van der Waals surface area contributed by atoms with Crippen LogP contribution in [0, 0.1) is 18.8 Å². The van der Waals surface area contributed by atoms with E-state index < -0.39 is 5.97 Å². The number of aryl methyl sites for hydroxylation is 1. The molecule has 3 rings (SSSR count). The minimum atomic E-state index is -0.455. The Hall–Kier alpha value is -1.86. The van der Waals surface area contributed by atoms with Gasteiger partial charge in [-0.15, -0.1) is 23.1 Å². The molecule has 0 aliphatic carbocycles. The van der Waals surface area contributed by atoms with Crippen molar-refractivity contribution in [2.45, 2.75) is 37.8 Å². The maximum absolute atomic E-state index is 12.6. The number of esters is 1. The quantitative estimate of drug-likeness (QED) is 0.514. The van der Waals surface area contributed by atoms with E-state index in [4.69, 9.17) is 4.74 Å². The number of ether oxygens (including phenoxy) is 1. The molecule has 2 unspecified atom stereocenters. The lowest BCUT2D eigenvalue weighted by Crippen LogP contribution is -2.44. The molecule has 2 heterocycles. The molecule has 1 aromatic heterocycles. The van der Waals surface area contributed by atoms with Crippen molar-refractivity contribution in [3.05, 3.63) is 45.9 Å². The van der Waals surface area contributed by atoms with E-state index in [0.717, 1.165) is 35.1 Å². The first-order valence-corrected chi connectivity index (χ1v) is 11.4. The van der Waals surface area contributed by atoms with E-state index in [-0.39, 0.29) is 12.5 Å². The topological polar surface area (TPSA) is 59.5 Å². The van der Waals surface area contributed by atoms with E-state index >= 15 is 0 Å². The third-order valence-corrected chi connectivity index (χ3v) is 6.63. The summed E-state index contributed by atoms with van der Waals surface area (Å²) in [5.74, 6) is 1.08. The minimum Gasteiger partial charge on any atom is -0.452 e. The third kappa shape index (κ3) is 5.58. The number of likely N-dealkylation sites (tertiary alicyclic amines) is 1. The number of rotatable bonds is 6. The van der Waals surface area contributed by atoms with Gasteiger partial charge in [-0.3, -0.25) is 4.79 Å². The second kappa shape index (κ2) is 9.56. The number of thiazole rings is 1. The van der Waals surface area contributed by atoms with Crippen LogP contribution in [-0.4, -0.2) is 41.5 Å². The van der Waals surface area contributed by atoms with Crippen molar-refractivity contribution in [2.75, 3.05) is 19.7 Å². The molecule has 1 aliphatic rings. The molecule has 0 spiro atoms. The van der Waals surface area contributed by atoms with E-state index in [1.165, 1.54) is 0 Å². The Morgan fingerprint density at radius 3 is 2.64 bits per heavy atom. The lowest BCUT2D eigenvalue weighted by atomic mass is 9.92. The standard InChI is InChI=1S/C21H26N2O3S2/c1-14-8-15(2)10-23(9-14)20(24)11-26-21(25)18-6-4-5-7-19(18)28-13-17-12-27-16(3)22-17/h4-7,12,14-15H,8-11,13H2,1-3H3. The molecule has 1 fully saturated rings. The van der Waals surface area contributed by atoms with E-state index in [1.807, 2.05) is 35.4 Å². The normalized spacial score (nSPS) is 19.5. The number of hydrogen-bond acceptors (Lipinski definition) is 6. The van der Waals surface area contributed by atoms with E-state index in [1.54, 1.807) is 29.2 Å². The molecule has 5 nitrogen and oxygen atoms in total. The van der Waals surface area contributed by atoms with Gasteiger partial charge in [0.2, 0.25) is 0 Å². The summed E-state index contributed by atoms with van der Waals surface area (Å²) >= 11 is 3.17. The molecule has 1 amide bonds. The molecule has 0 saturated carbocycles. The smallest absolute Gasteiger partial charge is 0.339 e. The van der Waals surface area contributed by atoms with Crippen molar-refractivity contribution in [1.29, 1.82) is 0 Å². The van der Waals surface area contributed by atoms with Gasteiger partial charge in [0.1, 0.15) is 0 Å². The molecule has 1 aliphatic heterocycles. The molecular formula is C21H26N2O3S2. The van der Waals surface area contributed by atoms with Gasteiger partial charge in [-0.2, -0.15) is 0 Å². The first-order chi connectivity index (χ1) is 13.4. The Labute approximate surface area is 174 Å². The predicted molar refractivity (Wildman–Crippen MR) is 113 cm³/mol. The van der Waals surface area contributed by atoms with Crippen LogP contribution in [0.1, 0.15) is 41.3 Å². The third-order valence-electron chi connectivity index (χ3n) is 4.70. The molecule has 150 valence electrons. The molecule has 0 radical (unpaired) electrons. The zero-order chi connectivity index (χ0) is 20.1. The number of hydrogen-bond donors (Lipinski definition) is 0. The first kappa shape index (κ1) is 20.9. The van der Waals surface area contributed by atoms with Crippen LogP contribution < -0.4 is 0 Å². The fraction of sp³-hybridized carbons (Fsp3) is 0.476. The number of carbonyl (C=O) groups excluding carboxylic acids is 2. The first-order valence-electron chi connectivity index (χ1n) is 9.50. The van der Waals surface area contributed by atoms with Crippen molar-refractivity contribution in [3.8, 4) is 0 Å². The molecule has 1 saturated heterocycles. The highest BCUT2D eigenvalue weighted by molar-refractivity contribution is 7.98. The van der Waals surface area contributed by atoms with E-state index in [9.17, 15) is 9.59 Å². The molecule has 0 N–H and O–H groups in total. The maximum Gasteiger partial charge on any atom is 0.339 e. The SMILES string of the molecule is Cc1nc(CSc2ccccc2C(=O)OCC(=O)N2CC(C)CC(C)C2)cs1. The number of thioether (sulfide) groups is 1. The van der Waals surface area contributed by atoms with Crippen LogP contribution in [0.4, 0.5) is 0 Å². The molecule has 2 aromatic rings. The van der Waals surface area contributed by atoms with Crippen LogP contribution in [0.25, 0.3) is 0 Å². The summed E-state index contributed by atoms with van der Waals surface area (Å²) in [5, 5.41) is 3.06. The molecular weight excluding hydrogens is 392 g/mol. The van der Waals surface area contributed by atoms with Crippen molar-refractivity contribution in [2.24, 2.45) is 11.8 Å². The highest BCUT2D eigenvalue weighted by atomic mass is 32.2. The summed E-state index contributed by atoms with van der Waals surface area (Å²) in [6.07, 6.45) is 1.13. The highest BCUT2D eigenvalue weighted by Gasteiger charge is 2.26. The van der Waals surface area contributed by atoms with E-state index in [2.05, 4.69) is 18.8 Å². The maximum atomic E-state index is 12.6. The lowest BCUT2D eigenvalue weighted by Gasteiger charge is -2.34. The predicted octanol–water partition coefficient (Wildman–Crippen LogP) is 4.41. The van der Waals surface area contributed by atoms with Crippen molar-refractivity contribution in [1.82, 2.24) is 9.88 Å². The number of piperidine rings is 1. The molecule has 2 atom stereocenters. The molecule has 28 heavy (non-hydrogen) atoms. The Morgan fingerprint density at radius 1 is 1.25 bits per heavy atom. The monoisotopic (exact) mass is 418 g/mol. The Morgan fingerprint density at radius 2 is 1.96 bits per heavy atom. The van der Waals surface area contributed by atoms with Crippen molar-refractivity contribution >= 4 is 35.0 Å². The summed E-state index contributed by atoms with van der Waals surface area (Å²) in [4.78, 5) is 32.1. The molecule has 1 aromatic carbocycles. The number of carbonyl (C=O) groups is 2. The fourth-order valence-electron chi connectivity index (χ4n) is 3.55. The fourth-order valence-corrected chi connectivity index (χ4v) is 5.20. The van der Waals surface area contributed by atoms with Crippen LogP contribution in [0.2, 0.25) is 0 Å². The van der Waals surface area contributed by atoms with Gasteiger partial charge in [0.15, 0.2) is 6.61 Å². The average Bonchev–Trinajstić information content (AvgIpc) is 3.09. The Bertz CT molecular complexity index is 827. The zero-order valence-electron chi connectivity index (χ0n) is 16.5. The van der Waals surface area contributed by atoms with Gasteiger partial charge in [0.05, 0.1) is 16.3 Å². The Balaban J connectivity index is 1.57. The largest absolute Gasteiger partial charge is 0.452 e. The summed E-state index contributed by atoms with van der Waals surface area (Å²) in [7, 11) is 0. The highest BCUT2D eigenvalue weighted by Crippen LogP contribution is 2.27. The van der Waals surface area contributed by atoms with Gasteiger partial charge in [-0.05, 0) is 37.3 Å². The van der Waals surface area contributed by atoms with Gasteiger partial charge >= 0.3 is 5.97 Å². The van der Waals surface area contributed by atoms with Crippen LogP contribution >= 0.6 is 23.1 Å². The Kier molecular flexibility index (Phi) is 7.13. The lowest BCUT2D eigenvalue weighted by molar-refractivity contribution is -0.137. The van der Waals surface area contributed by atoms with Crippen LogP contribution in [0.15, 0.2) is 34.5 Å². The van der Waals surface area contributed by atoms with Gasteiger partial charge < -0.3 is 9.64 Å². The average molecular weight is 419 g/mol. The van der Waals surface area contributed by atoms with Crippen LogP contribution in [0.5, 0.6) is 0 Å². The molecule has 7 heteroatoms. The summed E-state index contributed by atoms with van der Waals surface area (Å²) in [5.41, 5.74) is 1.49. The van der Waals surface area contributed by atoms with Gasteiger partial charge in [0, 0.05) is 29.1 Å². The van der Waals surface area contributed by atoms with Gasteiger partial charge in [0.25, 0.3) is 5.91 Å². The zero-order valence-corrected chi connectivity index (χ0v) is 18.1. The number of benzene rings is 1. The number of amides is 1. The summed E-state index contributed by atoms with van der Waals surface area (Å²) < 4.78 is 5.35.